The Morgan fingerprint density at radius 2 is 2.07 bits per heavy atom. The molecule has 2 rings (SSSR count). The maximum Gasteiger partial charge on any atom is 0.410 e. The van der Waals surface area contributed by atoms with Crippen molar-refractivity contribution >= 4 is 6.09 Å². The van der Waals surface area contributed by atoms with Gasteiger partial charge in [-0.2, -0.15) is 0 Å². The molecule has 1 heterocycles. The molecule has 14 heavy (non-hydrogen) atoms. The van der Waals surface area contributed by atoms with E-state index < -0.39 is 0 Å². The molecule has 1 aliphatic heterocycles. The lowest BCUT2D eigenvalue weighted by Crippen LogP contribution is -2.37. The highest BCUT2D eigenvalue weighted by Gasteiger charge is 2.45. The van der Waals surface area contributed by atoms with Crippen molar-refractivity contribution in [2.75, 3.05) is 19.6 Å². The van der Waals surface area contributed by atoms with Gasteiger partial charge in [0.05, 0.1) is 6.54 Å². The summed E-state index contributed by atoms with van der Waals surface area (Å²) in [5.41, 5.74) is 5.28. The van der Waals surface area contributed by atoms with Crippen molar-refractivity contribution in [2.45, 2.75) is 37.7 Å². The molecule has 80 valence electrons. The Morgan fingerprint density at radius 3 is 2.71 bits per heavy atom. The standard InChI is InChI=1S/C10H18N2O2/c11-6-7-12-8-10(14-9(12)13)4-2-1-3-5-10/h1-8,11H2. The Labute approximate surface area is 84.4 Å². The first-order valence-electron chi connectivity index (χ1n) is 5.44. The summed E-state index contributed by atoms with van der Waals surface area (Å²) in [5.74, 6) is 0. The van der Waals surface area contributed by atoms with Gasteiger partial charge in [0.25, 0.3) is 0 Å². The second kappa shape index (κ2) is 3.77. The lowest BCUT2D eigenvalue weighted by atomic mass is 9.85. The molecule has 4 heteroatoms. The van der Waals surface area contributed by atoms with Crippen LogP contribution in [0.15, 0.2) is 0 Å². The number of hydrogen-bond acceptors (Lipinski definition) is 3. The molecule has 2 N–H and O–H groups in total. The molecule has 0 atom stereocenters. The van der Waals surface area contributed by atoms with Crippen molar-refractivity contribution in [1.82, 2.24) is 4.90 Å². The Kier molecular flexibility index (Phi) is 2.63. The maximum absolute atomic E-state index is 11.5. The van der Waals surface area contributed by atoms with Crippen molar-refractivity contribution in [1.29, 1.82) is 0 Å². The van der Waals surface area contributed by atoms with Gasteiger partial charge in [0.2, 0.25) is 0 Å². The number of carbonyl (C=O) groups is 1. The van der Waals surface area contributed by atoms with Gasteiger partial charge in [-0.3, -0.25) is 0 Å². The first-order valence-corrected chi connectivity index (χ1v) is 5.44. The van der Waals surface area contributed by atoms with E-state index in [4.69, 9.17) is 10.5 Å². The van der Waals surface area contributed by atoms with Gasteiger partial charge in [-0.05, 0) is 25.7 Å². The summed E-state index contributed by atoms with van der Waals surface area (Å²) in [5, 5.41) is 0. The lowest BCUT2D eigenvalue weighted by molar-refractivity contribution is 0.0260. The highest BCUT2D eigenvalue weighted by Crippen LogP contribution is 2.36. The van der Waals surface area contributed by atoms with Crippen LogP contribution in [-0.2, 0) is 4.74 Å². The molecule has 0 aromatic heterocycles. The fourth-order valence-corrected chi connectivity index (χ4v) is 2.48. The van der Waals surface area contributed by atoms with Crippen LogP contribution in [-0.4, -0.2) is 36.2 Å². The summed E-state index contributed by atoms with van der Waals surface area (Å²) in [6, 6.07) is 0. The van der Waals surface area contributed by atoms with E-state index in [0.717, 1.165) is 19.4 Å². The fourth-order valence-electron chi connectivity index (χ4n) is 2.48. The molecule has 2 fully saturated rings. The minimum Gasteiger partial charge on any atom is -0.441 e. The second-order valence-corrected chi connectivity index (χ2v) is 4.32. The third kappa shape index (κ3) is 1.71. The number of nitrogens with zero attached hydrogens (tertiary/aromatic N) is 1. The molecule has 0 aromatic carbocycles. The second-order valence-electron chi connectivity index (χ2n) is 4.32. The Morgan fingerprint density at radius 1 is 1.36 bits per heavy atom. The van der Waals surface area contributed by atoms with Gasteiger partial charge >= 0.3 is 6.09 Å². The van der Waals surface area contributed by atoms with Crippen molar-refractivity contribution in [3.8, 4) is 0 Å². The molecule has 1 amide bonds. The summed E-state index contributed by atoms with van der Waals surface area (Å²) in [6.45, 7) is 1.90. The normalized spacial score (nSPS) is 25.5. The SMILES string of the molecule is NCCN1CC2(CCCCC2)OC1=O. The number of nitrogens with two attached hydrogens (primary N) is 1. The van der Waals surface area contributed by atoms with Gasteiger partial charge in [-0.25, -0.2) is 4.79 Å². The van der Waals surface area contributed by atoms with Crippen molar-refractivity contribution in [2.24, 2.45) is 5.73 Å². The number of ether oxygens (including phenoxy) is 1. The average molecular weight is 198 g/mol. The minimum absolute atomic E-state index is 0.162. The molecule has 1 spiro atoms. The van der Waals surface area contributed by atoms with Crippen LogP contribution in [0.2, 0.25) is 0 Å². The first kappa shape index (κ1) is 9.77. The van der Waals surface area contributed by atoms with E-state index >= 15 is 0 Å². The van der Waals surface area contributed by atoms with E-state index in [2.05, 4.69) is 0 Å². The van der Waals surface area contributed by atoms with E-state index in [1.54, 1.807) is 4.90 Å². The van der Waals surface area contributed by atoms with E-state index in [1.807, 2.05) is 0 Å². The van der Waals surface area contributed by atoms with Crippen LogP contribution < -0.4 is 5.73 Å². The van der Waals surface area contributed by atoms with Gasteiger partial charge in [0.1, 0.15) is 5.60 Å². The van der Waals surface area contributed by atoms with Gasteiger partial charge in [-0.1, -0.05) is 6.42 Å². The molecule has 2 aliphatic rings. The molecule has 1 saturated carbocycles. The van der Waals surface area contributed by atoms with Crippen LogP contribution >= 0.6 is 0 Å². The van der Waals surface area contributed by atoms with Crippen LogP contribution in [0.5, 0.6) is 0 Å². The van der Waals surface area contributed by atoms with Crippen LogP contribution in [0.4, 0.5) is 4.79 Å². The molecular weight excluding hydrogens is 180 g/mol. The number of rotatable bonds is 2. The zero-order valence-electron chi connectivity index (χ0n) is 8.50. The predicted octanol–water partition coefficient (Wildman–Crippen LogP) is 1.10. The van der Waals surface area contributed by atoms with Crippen LogP contribution in [0.1, 0.15) is 32.1 Å². The molecular formula is C10H18N2O2. The molecule has 0 radical (unpaired) electrons. The summed E-state index contributed by atoms with van der Waals surface area (Å²) in [7, 11) is 0. The van der Waals surface area contributed by atoms with Gasteiger partial charge in [0, 0.05) is 13.1 Å². The van der Waals surface area contributed by atoms with E-state index in [9.17, 15) is 4.79 Å². The van der Waals surface area contributed by atoms with Crippen molar-refractivity contribution < 1.29 is 9.53 Å². The zero-order chi connectivity index (χ0) is 10.0. The largest absolute Gasteiger partial charge is 0.441 e. The first-order chi connectivity index (χ1) is 6.76. The summed E-state index contributed by atoms with van der Waals surface area (Å²) < 4.78 is 5.49. The highest BCUT2D eigenvalue weighted by molar-refractivity contribution is 5.70. The van der Waals surface area contributed by atoms with Gasteiger partial charge < -0.3 is 15.4 Å². The van der Waals surface area contributed by atoms with Crippen LogP contribution in [0.3, 0.4) is 0 Å². The van der Waals surface area contributed by atoms with Crippen LogP contribution in [0, 0.1) is 0 Å². The number of hydrogen-bond donors (Lipinski definition) is 1. The van der Waals surface area contributed by atoms with E-state index in [1.165, 1.54) is 19.3 Å². The van der Waals surface area contributed by atoms with Gasteiger partial charge in [0.15, 0.2) is 0 Å². The van der Waals surface area contributed by atoms with Gasteiger partial charge in [-0.15, -0.1) is 0 Å². The molecule has 4 nitrogen and oxygen atoms in total. The van der Waals surface area contributed by atoms with Crippen molar-refractivity contribution in [3.05, 3.63) is 0 Å². The lowest BCUT2D eigenvalue weighted by Gasteiger charge is -2.30. The van der Waals surface area contributed by atoms with Crippen molar-refractivity contribution in [3.63, 3.8) is 0 Å². The van der Waals surface area contributed by atoms with E-state index in [0.29, 0.717) is 13.1 Å². The molecule has 0 bridgehead atoms. The average Bonchev–Trinajstić information content (AvgIpc) is 2.45. The monoisotopic (exact) mass is 198 g/mol. The molecule has 1 saturated heterocycles. The molecule has 0 aromatic rings. The smallest absolute Gasteiger partial charge is 0.410 e. The fraction of sp³-hybridized carbons (Fsp3) is 0.900. The Balaban J connectivity index is 1.99. The number of carbonyl (C=O) groups excluding carboxylic acids is 1. The Hall–Kier alpha value is -0.770. The minimum atomic E-state index is -0.169. The number of amides is 1. The van der Waals surface area contributed by atoms with Crippen LogP contribution in [0.25, 0.3) is 0 Å². The topological polar surface area (TPSA) is 55.6 Å². The predicted molar refractivity (Wildman–Crippen MR) is 52.9 cm³/mol. The molecule has 1 aliphatic carbocycles. The third-order valence-corrected chi connectivity index (χ3v) is 3.20. The maximum atomic E-state index is 11.5. The van der Waals surface area contributed by atoms with E-state index in [-0.39, 0.29) is 11.7 Å². The third-order valence-electron chi connectivity index (χ3n) is 3.20. The zero-order valence-corrected chi connectivity index (χ0v) is 8.50. The summed E-state index contributed by atoms with van der Waals surface area (Å²) in [4.78, 5) is 13.2. The highest BCUT2D eigenvalue weighted by atomic mass is 16.6. The molecule has 0 unspecified atom stereocenters. The Bertz CT molecular complexity index is 224. The summed E-state index contributed by atoms with van der Waals surface area (Å²) in [6.07, 6.45) is 5.53. The summed E-state index contributed by atoms with van der Waals surface area (Å²) >= 11 is 0. The quantitative estimate of drug-likeness (QED) is 0.723.